The van der Waals surface area contributed by atoms with Gasteiger partial charge in [-0.05, 0) is 25.0 Å². The minimum absolute atomic E-state index is 0.00354. The van der Waals surface area contributed by atoms with Gasteiger partial charge in [-0.2, -0.15) is 5.26 Å². The summed E-state index contributed by atoms with van der Waals surface area (Å²) in [6.07, 6.45) is 7.22. The lowest BCUT2D eigenvalue weighted by Gasteiger charge is -2.21. The van der Waals surface area contributed by atoms with E-state index in [1.54, 1.807) is 18.2 Å². The van der Waals surface area contributed by atoms with Crippen LogP contribution in [0.3, 0.4) is 0 Å². The van der Waals surface area contributed by atoms with E-state index >= 15 is 0 Å². The van der Waals surface area contributed by atoms with Crippen LogP contribution in [0.5, 0.6) is 5.75 Å². The molecule has 0 atom stereocenters. The number of hydrogen-bond acceptors (Lipinski definition) is 4. The molecule has 1 aromatic carbocycles. The van der Waals surface area contributed by atoms with E-state index in [0.29, 0.717) is 11.7 Å². The zero-order valence-electron chi connectivity index (χ0n) is 11.8. The van der Waals surface area contributed by atoms with Crippen molar-refractivity contribution < 1.29 is 9.90 Å². The summed E-state index contributed by atoms with van der Waals surface area (Å²) in [7, 11) is 0. The molecule has 1 amide bonds. The third-order valence-corrected chi connectivity index (χ3v) is 3.59. The zero-order valence-corrected chi connectivity index (χ0v) is 11.8. The lowest BCUT2D eigenvalue weighted by molar-refractivity contribution is -0.112. The van der Waals surface area contributed by atoms with Gasteiger partial charge in [-0.25, -0.2) is 0 Å². The van der Waals surface area contributed by atoms with Gasteiger partial charge < -0.3 is 15.7 Å². The Labute approximate surface area is 124 Å². The number of phenolic OH excluding ortho intramolecular Hbond substituents is 1. The third-order valence-electron chi connectivity index (χ3n) is 3.59. The van der Waals surface area contributed by atoms with Crippen LogP contribution in [0.15, 0.2) is 36.0 Å². The van der Waals surface area contributed by atoms with E-state index < -0.39 is 5.91 Å². The van der Waals surface area contributed by atoms with Crippen LogP contribution >= 0.6 is 0 Å². The van der Waals surface area contributed by atoms with Crippen LogP contribution in [0.2, 0.25) is 0 Å². The molecule has 0 saturated heterocycles. The Morgan fingerprint density at radius 3 is 2.67 bits per heavy atom. The number of aromatic hydroxyl groups is 1. The Morgan fingerprint density at radius 1 is 1.29 bits per heavy atom. The maximum Gasteiger partial charge on any atom is 0.267 e. The van der Waals surface area contributed by atoms with Gasteiger partial charge in [0.1, 0.15) is 17.4 Å². The number of carbonyl (C=O) groups is 1. The van der Waals surface area contributed by atoms with Crippen molar-refractivity contribution in [3.63, 3.8) is 0 Å². The number of nitriles is 1. The van der Waals surface area contributed by atoms with Gasteiger partial charge in [-0.15, -0.1) is 0 Å². The number of hydrogen-bond donors (Lipinski definition) is 3. The molecule has 0 spiro atoms. The van der Waals surface area contributed by atoms with Crippen LogP contribution < -0.4 is 10.6 Å². The highest BCUT2D eigenvalue weighted by atomic mass is 16.3. The number of nitrogens with zero attached hydrogens (tertiary/aromatic N) is 1. The van der Waals surface area contributed by atoms with E-state index in [2.05, 4.69) is 10.6 Å². The number of para-hydroxylation sites is 2. The number of anilines is 1. The van der Waals surface area contributed by atoms with E-state index in [4.69, 9.17) is 5.26 Å². The van der Waals surface area contributed by atoms with E-state index in [0.717, 1.165) is 12.8 Å². The first-order valence-corrected chi connectivity index (χ1v) is 7.16. The molecule has 0 aliphatic heterocycles. The largest absolute Gasteiger partial charge is 0.506 e. The summed E-state index contributed by atoms with van der Waals surface area (Å²) in [6.45, 7) is 0. The number of nitrogens with one attached hydrogen (secondary N) is 2. The van der Waals surface area contributed by atoms with Crippen LogP contribution in [0, 0.1) is 11.3 Å². The Kier molecular flexibility index (Phi) is 5.22. The van der Waals surface area contributed by atoms with Crippen molar-refractivity contribution in [2.45, 2.75) is 38.1 Å². The van der Waals surface area contributed by atoms with Gasteiger partial charge in [0.2, 0.25) is 0 Å². The zero-order chi connectivity index (χ0) is 15.1. The van der Waals surface area contributed by atoms with Gasteiger partial charge in [-0.1, -0.05) is 31.4 Å². The summed E-state index contributed by atoms with van der Waals surface area (Å²) in [6, 6.07) is 8.64. The normalized spacial score (nSPS) is 16.0. The molecule has 1 fully saturated rings. The lowest BCUT2D eigenvalue weighted by Crippen LogP contribution is -2.28. The summed E-state index contributed by atoms with van der Waals surface area (Å²) in [5.74, 6) is -0.550. The Hall–Kier alpha value is -2.48. The molecule has 0 unspecified atom stereocenters. The number of benzene rings is 1. The lowest BCUT2D eigenvalue weighted by atomic mass is 9.96. The van der Waals surface area contributed by atoms with Crippen molar-refractivity contribution in [2.75, 3.05) is 5.32 Å². The second-order valence-corrected chi connectivity index (χ2v) is 5.14. The van der Waals surface area contributed by atoms with Crippen LogP contribution in [0.1, 0.15) is 32.1 Å². The number of phenols is 1. The van der Waals surface area contributed by atoms with E-state index in [-0.39, 0.29) is 11.3 Å². The van der Waals surface area contributed by atoms with Crippen molar-refractivity contribution in [3.8, 4) is 11.8 Å². The van der Waals surface area contributed by atoms with Gasteiger partial charge in [-0.3, -0.25) is 4.79 Å². The molecular weight excluding hydrogens is 266 g/mol. The molecule has 5 nitrogen and oxygen atoms in total. The molecule has 1 aromatic rings. The van der Waals surface area contributed by atoms with E-state index in [9.17, 15) is 9.90 Å². The Balaban J connectivity index is 1.98. The van der Waals surface area contributed by atoms with Crippen LogP contribution in [-0.2, 0) is 4.79 Å². The van der Waals surface area contributed by atoms with E-state index in [1.807, 2.05) is 6.07 Å². The number of amides is 1. The minimum Gasteiger partial charge on any atom is -0.506 e. The van der Waals surface area contributed by atoms with Gasteiger partial charge in [0.15, 0.2) is 0 Å². The standard InChI is InChI=1S/C16H19N3O2/c17-10-12(11-18-13-6-2-1-3-7-13)16(21)19-14-8-4-5-9-15(14)20/h4-5,8-9,11,13,18,20H,1-3,6-7H2,(H,19,21)/b12-11-. The second-order valence-electron chi connectivity index (χ2n) is 5.14. The van der Waals surface area contributed by atoms with Crippen molar-refractivity contribution in [1.82, 2.24) is 5.32 Å². The average molecular weight is 285 g/mol. The fourth-order valence-corrected chi connectivity index (χ4v) is 2.39. The quantitative estimate of drug-likeness (QED) is 0.451. The van der Waals surface area contributed by atoms with Gasteiger partial charge in [0, 0.05) is 12.2 Å². The highest BCUT2D eigenvalue weighted by Crippen LogP contribution is 2.22. The fourth-order valence-electron chi connectivity index (χ4n) is 2.39. The van der Waals surface area contributed by atoms with Crippen LogP contribution in [0.25, 0.3) is 0 Å². The molecule has 1 saturated carbocycles. The predicted octanol–water partition coefficient (Wildman–Crippen LogP) is 2.66. The molecule has 1 aliphatic rings. The molecule has 1 aliphatic carbocycles. The van der Waals surface area contributed by atoms with Gasteiger partial charge in [0.25, 0.3) is 5.91 Å². The predicted molar refractivity (Wildman–Crippen MR) is 80.4 cm³/mol. The first-order chi connectivity index (χ1) is 10.2. The van der Waals surface area contributed by atoms with Crippen LogP contribution in [0.4, 0.5) is 5.69 Å². The highest BCUT2D eigenvalue weighted by Gasteiger charge is 2.14. The molecule has 21 heavy (non-hydrogen) atoms. The van der Waals surface area contributed by atoms with Crippen molar-refractivity contribution in [1.29, 1.82) is 5.26 Å². The average Bonchev–Trinajstić information content (AvgIpc) is 2.51. The SMILES string of the molecule is N#C/C(=C/NC1CCCCC1)C(=O)Nc1ccccc1O. The molecule has 2 rings (SSSR count). The molecule has 0 heterocycles. The Morgan fingerprint density at radius 2 is 2.00 bits per heavy atom. The topological polar surface area (TPSA) is 85.2 Å². The second kappa shape index (κ2) is 7.34. The van der Waals surface area contributed by atoms with Crippen molar-refractivity contribution in [2.24, 2.45) is 0 Å². The maximum absolute atomic E-state index is 12.0. The van der Waals surface area contributed by atoms with Crippen molar-refractivity contribution >= 4 is 11.6 Å². The van der Waals surface area contributed by atoms with Crippen molar-refractivity contribution in [3.05, 3.63) is 36.0 Å². The summed E-state index contributed by atoms with van der Waals surface area (Å²) >= 11 is 0. The summed E-state index contributed by atoms with van der Waals surface area (Å²) in [5.41, 5.74) is 0.296. The highest BCUT2D eigenvalue weighted by molar-refractivity contribution is 6.07. The molecule has 110 valence electrons. The van der Waals surface area contributed by atoms with Gasteiger partial charge >= 0.3 is 0 Å². The Bertz CT molecular complexity index is 569. The maximum atomic E-state index is 12.0. The fraction of sp³-hybridized carbons (Fsp3) is 0.375. The van der Waals surface area contributed by atoms with E-state index in [1.165, 1.54) is 31.5 Å². The molecule has 0 radical (unpaired) electrons. The minimum atomic E-state index is -0.526. The number of rotatable bonds is 4. The summed E-state index contributed by atoms with van der Waals surface area (Å²) in [4.78, 5) is 12.0. The molecular formula is C16H19N3O2. The molecule has 0 aromatic heterocycles. The smallest absolute Gasteiger partial charge is 0.267 e. The summed E-state index contributed by atoms with van der Waals surface area (Å²) in [5, 5.41) is 24.4. The molecule has 0 bridgehead atoms. The molecule has 5 heteroatoms. The monoisotopic (exact) mass is 285 g/mol. The molecule has 3 N–H and O–H groups in total. The first kappa shape index (κ1) is 14.9. The van der Waals surface area contributed by atoms with Gasteiger partial charge in [0.05, 0.1) is 5.69 Å². The summed E-state index contributed by atoms with van der Waals surface area (Å²) < 4.78 is 0. The number of carbonyl (C=O) groups excluding carboxylic acids is 1. The third kappa shape index (κ3) is 4.25. The van der Waals surface area contributed by atoms with Crippen LogP contribution in [-0.4, -0.2) is 17.1 Å². The first-order valence-electron chi connectivity index (χ1n) is 7.16.